The van der Waals surface area contributed by atoms with E-state index in [2.05, 4.69) is 30.2 Å². The number of allylic oxidation sites excluding steroid dienone is 4. The van der Waals surface area contributed by atoms with Crippen LogP contribution in [0.5, 0.6) is 0 Å². The Kier molecular flexibility index (Phi) is 3.71. The highest BCUT2D eigenvalue weighted by Gasteiger charge is 2.15. The van der Waals surface area contributed by atoms with Gasteiger partial charge in [0.2, 0.25) is 0 Å². The van der Waals surface area contributed by atoms with Crippen molar-refractivity contribution in [2.24, 2.45) is 0 Å². The summed E-state index contributed by atoms with van der Waals surface area (Å²) in [4.78, 5) is 11.1. The average Bonchev–Trinajstić information content (AvgIpc) is 3.00. The van der Waals surface area contributed by atoms with Crippen LogP contribution in [0.15, 0.2) is 48.1 Å². The molecule has 0 N–H and O–H groups in total. The molecule has 0 saturated heterocycles. The second kappa shape index (κ2) is 5.82. The fourth-order valence-electron chi connectivity index (χ4n) is 2.51. The molecule has 4 nitrogen and oxygen atoms in total. The van der Waals surface area contributed by atoms with Gasteiger partial charge in [0.15, 0.2) is 6.29 Å². The maximum atomic E-state index is 11.1. The Morgan fingerprint density at radius 1 is 1.23 bits per heavy atom. The molecule has 1 aliphatic carbocycles. The van der Waals surface area contributed by atoms with Gasteiger partial charge in [0.25, 0.3) is 0 Å². The fraction of sp³-hybridized carbons (Fsp3) is 0.167. The number of hydrogen-bond acceptors (Lipinski definition) is 3. The van der Waals surface area contributed by atoms with Crippen molar-refractivity contribution in [2.45, 2.75) is 19.8 Å². The van der Waals surface area contributed by atoms with Crippen molar-refractivity contribution in [1.82, 2.24) is 9.78 Å². The molecule has 0 atom stereocenters. The van der Waals surface area contributed by atoms with Crippen molar-refractivity contribution in [3.63, 3.8) is 0 Å². The zero-order valence-electron chi connectivity index (χ0n) is 12.3. The molecular weight excluding hydrogens is 274 g/mol. The molecule has 0 aliphatic heterocycles. The predicted molar refractivity (Wildman–Crippen MR) is 84.6 cm³/mol. The van der Waals surface area contributed by atoms with Gasteiger partial charge in [-0.2, -0.15) is 10.4 Å². The summed E-state index contributed by atoms with van der Waals surface area (Å²) in [5.74, 6) is 0. The summed E-state index contributed by atoms with van der Waals surface area (Å²) >= 11 is 0. The van der Waals surface area contributed by atoms with E-state index in [9.17, 15) is 4.79 Å². The number of aldehydes is 1. The molecular formula is C18H15N3O. The van der Waals surface area contributed by atoms with Crippen LogP contribution in [-0.4, -0.2) is 16.1 Å². The molecule has 1 aromatic carbocycles. The molecule has 2 aromatic rings. The second-order valence-corrected chi connectivity index (χ2v) is 5.35. The number of nitrogens with zero attached hydrogens (tertiary/aromatic N) is 3. The van der Waals surface area contributed by atoms with Crippen LogP contribution in [0.2, 0.25) is 0 Å². The van der Waals surface area contributed by atoms with Crippen LogP contribution in [0.3, 0.4) is 0 Å². The van der Waals surface area contributed by atoms with Gasteiger partial charge in [-0.3, -0.25) is 4.79 Å². The van der Waals surface area contributed by atoms with Crippen molar-refractivity contribution in [3.05, 3.63) is 65.0 Å². The third-order valence-corrected chi connectivity index (χ3v) is 3.78. The molecule has 108 valence electrons. The van der Waals surface area contributed by atoms with E-state index in [4.69, 9.17) is 5.26 Å². The minimum Gasteiger partial charge on any atom is -0.296 e. The Balaban J connectivity index is 2.09. The van der Waals surface area contributed by atoms with Crippen molar-refractivity contribution in [3.8, 4) is 11.8 Å². The van der Waals surface area contributed by atoms with Gasteiger partial charge < -0.3 is 0 Å². The quantitative estimate of drug-likeness (QED) is 0.810. The Bertz CT molecular complexity index is 817. The Morgan fingerprint density at radius 3 is 2.59 bits per heavy atom. The summed E-state index contributed by atoms with van der Waals surface area (Å²) in [5, 5.41) is 13.2. The topological polar surface area (TPSA) is 58.7 Å². The van der Waals surface area contributed by atoms with E-state index in [0.717, 1.165) is 36.1 Å². The van der Waals surface area contributed by atoms with Crippen LogP contribution in [0.25, 0.3) is 11.3 Å². The summed E-state index contributed by atoms with van der Waals surface area (Å²) < 4.78 is 1.77. The standard InChI is InChI=1S/C18H15N3O/c1-13-2-6-15(7-3-13)18-10-16(12-22)20-21(18)17-8-4-14(11-19)5-9-17/h2,4-6,8-10,12H,3,7H2,1H3. The maximum absolute atomic E-state index is 11.1. The molecule has 0 radical (unpaired) electrons. The normalized spacial score (nSPS) is 14.0. The summed E-state index contributed by atoms with van der Waals surface area (Å²) in [7, 11) is 0. The lowest BCUT2D eigenvalue weighted by atomic mass is 9.97. The van der Waals surface area contributed by atoms with E-state index in [1.807, 2.05) is 18.2 Å². The molecule has 0 unspecified atom stereocenters. The first-order valence-corrected chi connectivity index (χ1v) is 7.14. The smallest absolute Gasteiger partial charge is 0.170 e. The highest BCUT2D eigenvalue weighted by atomic mass is 16.1. The van der Waals surface area contributed by atoms with Gasteiger partial charge in [-0.1, -0.05) is 17.7 Å². The first-order valence-electron chi connectivity index (χ1n) is 7.14. The molecule has 4 heteroatoms. The summed E-state index contributed by atoms with van der Waals surface area (Å²) in [6, 6.07) is 11.1. The second-order valence-electron chi connectivity index (χ2n) is 5.35. The molecule has 0 saturated carbocycles. The lowest BCUT2D eigenvalue weighted by Crippen LogP contribution is -2.03. The molecule has 0 fully saturated rings. The first-order chi connectivity index (χ1) is 10.7. The molecule has 1 heterocycles. The molecule has 1 aromatic heterocycles. The molecule has 0 spiro atoms. The van der Waals surface area contributed by atoms with Crippen LogP contribution in [0.4, 0.5) is 0 Å². The number of rotatable bonds is 3. The largest absolute Gasteiger partial charge is 0.296 e. The Hall–Kier alpha value is -2.93. The lowest BCUT2D eigenvalue weighted by molar-refractivity contribution is 0.111. The first kappa shape index (κ1) is 14.0. The van der Waals surface area contributed by atoms with Crippen LogP contribution in [-0.2, 0) is 0 Å². The van der Waals surface area contributed by atoms with Crippen LogP contribution >= 0.6 is 0 Å². The van der Waals surface area contributed by atoms with Gasteiger partial charge in [0, 0.05) is 0 Å². The molecule has 0 bridgehead atoms. The third-order valence-electron chi connectivity index (χ3n) is 3.78. The van der Waals surface area contributed by atoms with Crippen LogP contribution < -0.4 is 0 Å². The van der Waals surface area contributed by atoms with Crippen molar-refractivity contribution in [1.29, 1.82) is 5.26 Å². The summed E-state index contributed by atoms with van der Waals surface area (Å²) in [6.45, 7) is 2.11. The number of benzene rings is 1. The van der Waals surface area contributed by atoms with Crippen molar-refractivity contribution in [2.75, 3.05) is 0 Å². The number of hydrogen-bond donors (Lipinski definition) is 0. The van der Waals surface area contributed by atoms with E-state index in [-0.39, 0.29) is 0 Å². The highest BCUT2D eigenvalue weighted by Crippen LogP contribution is 2.28. The predicted octanol–water partition coefficient (Wildman–Crippen LogP) is 3.68. The van der Waals surface area contributed by atoms with Gasteiger partial charge >= 0.3 is 0 Å². The Labute approximate surface area is 129 Å². The van der Waals surface area contributed by atoms with Gasteiger partial charge in [-0.25, -0.2) is 4.68 Å². The van der Waals surface area contributed by atoms with Crippen molar-refractivity contribution < 1.29 is 4.79 Å². The minimum absolute atomic E-state index is 0.409. The van der Waals surface area contributed by atoms with E-state index >= 15 is 0 Å². The van der Waals surface area contributed by atoms with E-state index in [1.165, 1.54) is 5.57 Å². The molecule has 1 aliphatic rings. The van der Waals surface area contributed by atoms with Gasteiger partial charge in [-0.15, -0.1) is 0 Å². The van der Waals surface area contributed by atoms with Gasteiger partial charge in [-0.05, 0) is 55.7 Å². The summed E-state index contributed by atoms with van der Waals surface area (Å²) in [5.41, 5.74) is 5.29. The van der Waals surface area contributed by atoms with Crippen LogP contribution in [0.1, 0.15) is 41.5 Å². The van der Waals surface area contributed by atoms with Crippen molar-refractivity contribution >= 4 is 11.9 Å². The molecule has 3 rings (SSSR count). The fourth-order valence-corrected chi connectivity index (χ4v) is 2.51. The minimum atomic E-state index is 0.409. The monoisotopic (exact) mass is 289 g/mol. The Morgan fingerprint density at radius 2 is 2.00 bits per heavy atom. The maximum Gasteiger partial charge on any atom is 0.170 e. The van der Waals surface area contributed by atoms with E-state index < -0.39 is 0 Å². The zero-order valence-corrected chi connectivity index (χ0v) is 12.3. The summed E-state index contributed by atoms with van der Waals surface area (Å²) in [6.07, 6.45) is 6.90. The number of aromatic nitrogens is 2. The zero-order chi connectivity index (χ0) is 15.5. The third kappa shape index (κ3) is 2.61. The molecule has 0 amide bonds. The van der Waals surface area contributed by atoms with Crippen LogP contribution in [0, 0.1) is 11.3 Å². The van der Waals surface area contributed by atoms with Gasteiger partial charge in [0.05, 0.1) is 23.0 Å². The van der Waals surface area contributed by atoms with E-state index in [0.29, 0.717) is 11.3 Å². The number of carbonyl (C=O) groups is 1. The highest BCUT2D eigenvalue weighted by molar-refractivity contribution is 5.76. The van der Waals surface area contributed by atoms with Gasteiger partial charge in [0.1, 0.15) is 5.69 Å². The number of nitriles is 1. The lowest BCUT2D eigenvalue weighted by Gasteiger charge is -2.14. The van der Waals surface area contributed by atoms with E-state index in [1.54, 1.807) is 16.8 Å². The molecule has 22 heavy (non-hydrogen) atoms. The average molecular weight is 289 g/mol. The number of carbonyl (C=O) groups excluding carboxylic acids is 1. The SMILES string of the molecule is CC1=CC=C(c2cc(C=O)nn2-c2ccc(C#N)cc2)CC1.